The van der Waals surface area contributed by atoms with Crippen molar-refractivity contribution in [1.29, 1.82) is 0 Å². The van der Waals surface area contributed by atoms with Crippen LogP contribution in [0.2, 0.25) is 0 Å². The van der Waals surface area contributed by atoms with Crippen molar-refractivity contribution in [3.8, 4) is 23.0 Å². The SMILES string of the molecule is COc1cccc([C@@H]2CC(=O)Oc3ccc4c(c32)O/C(=C\c2cccnc2)C4=O)c1OCCc1ccccc1. The maximum Gasteiger partial charge on any atom is 0.312 e. The molecule has 3 aromatic carbocycles. The van der Waals surface area contributed by atoms with Crippen LogP contribution in [0, 0.1) is 0 Å². The fourth-order valence-electron chi connectivity index (χ4n) is 5.02. The van der Waals surface area contributed by atoms with Gasteiger partial charge in [0, 0.05) is 35.9 Å². The molecule has 2 aliphatic heterocycles. The quantitative estimate of drug-likeness (QED) is 0.174. The number of allylic oxidation sites excluding steroid dienone is 1. The standard InChI is InChI=1S/C32H25NO6/c1-36-26-11-5-10-22(31(26)37-16-14-20-7-3-2-4-8-20)24-18-28(34)38-25-13-12-23-30(35)27(39-32(23)29(24)25)17-21-9-6-15-33-19-21/h2-13,15,17,19,24H,14,16,18H2,1H3/b27-17-/t24-/m0/s1. The molecular weight excluding hydrogens is 494 g/mol. The first-order valence-electron chi connectivity index (χ1n) is 12.7. The first kappa shape index (κ1) is 24.4. The van der Waals surface area contributed by atoms with Gasteiger partial charge in [-0.25, -0.2) is 0 Å². The van der Waals surface area contributed by atoms with Crippen molar-refractivity contribution in [2.45, 2.75) is 18.8 Å². The van der Waals surface area contributed by atoms with E-state index in [4.69, 9.17) is 18.9 Å². The van der Waals surface area contributed by atoms with E-state index in [1.165, 1.54) is 0 Å². The Kier molecular flexibility index (Phi) is 6.55. The zero-order valence-electron chi connectivity index (χ0n) is 21.3. The van der Waals surface area contributed by atoms with Crippen LogP contribution in [-0.2, 0) is 11.2 Å². The van der Waals surface area contributed by atoms with E-state index in [-0.39, 0.29) is 23.9 Å². The molecule has 0 aliphatic carbocycles. The Morgan fingerprint density at radius 2 is 1.85 bits per heavy atom. The average molecular weight is 520 g/mol. The molecule has 39 heavy (non-hydrogen) atoms. The van der Waals surface area contributed by atoms with Gasteiger partial charge in [0.15, 0.2) is 17.3 Å². The van der Waals surface area contributed by atoms with Crippen LogP contribution in [0.4, 0.5) is 0 Å². The fourth-order valence-corrected chi connectivity index (χ4v) is 5.02. The van der Waals surface area contributed by atoms with Crippen LogP contribution < -0.4 is 18.9 Å². The largest absolute Gasteiger partial charge is 0.493 e. The number of para-hydroxylation sites is 1. The number of methoxy groups -OCH3 is 1. The van der Waals surface area contributed by atoms with E-state index in [2.05, 4.69) is 4.98 Å². The summed E-state index contributed by atoms with van der Waals surface area (Å²) in [6.07, 6.45) is 5.75. The Morgan fingerprint density at radius 1 is 0.974 bits per heavy atom. The van der Waals surface area contributed by atoms with Crippen LogP contribution in [0.25, 0.3) is 6.08 Å². The van der Waals surface area contributed by atoms with Crippen molar-refractivity contribution in [3.63, 3.8) is 0 Å². The molecule has 0 spiro atoms. The second-order valence-corrected chi connectivity index (χ2v) is 9.27. The number of carbonyl (C=O) groups excluding carboxylic acids is 2. The molecule has 0 N–H and O–H groups in total. The highest BCUT2D eigenvalue weighted by atomic mass is 16.5. The number of pyridine rings is 1. The maximum atomic E-state index is 13.3. The van der Waals surface area contributed by atoms with E-state index in [1.54, 1.807) is 43.8 Å². The summed E-state index contributed by atoms with van der Waals surface area (Å²) >= 11 is 0. The van der Waals surface area contributed by atoms with E-state index in [0.29, 0.717) is 47.2 Å². The summed E-state index contributed by atoms with van der Waals surface area (Å²) in [6.45, 7) is 0.418. The van der Waals surface area contributed by atoms with Gasteiger partial charge in [-0.15, -0.1) is 0 Å². The van der Waals surface area contributed by atoms with Gasteiger partial charge in [0.1, 0.15) is 11.5 Å². The molecule has 1 atom stereocenters. The van der Waals surface area contributed by atoms with Crippen LogP contribution in [0.1, 0.15) is 45.0 Å². The lowest BCUT2D eigenvalue weighted by Crippen LogP contribution is -2.22. The van der Waals surface area contributed by atoms with Gasteiger partial charge in [-0.05, 0) is 41.5 Å². The van der Waals surface area contributed by atoms with Crippen LogP contribution >= 0.6 is 0 Å². The number of hydrogen-bond acceptors (Lipinski definition) is 7. The molecule has 194 valence electrons. The van der Waals surface area contributed by atoms with Crippen molar-refractivity contribution in [2.24, 2.45) is 0 Å². The first-order chi connectivity index (χ1) is 19.1. The monoisotopic (exact) mass is 519 g/mol. The van der Waals surface area contributed by atoms with Gasteiger partial charge in [-0.2, -0.15) is 0 Å². The predicted molar refractivity (Wildman–Crippen MR) is 144 cm³/mol. The number of ketones is 1. The molecule has 0 saturated heterocycles. The van der Waals surface area contributed by atoms with E-state index in [0.717, 1.165) is 16.7 Å². The molecule has 0 radical (unpaired) electrons. The Morgan fingerprint density at radius 3 is 2.64 bits per heavy atom. The van der Waals surface area contributed by atoms with Gasteiger partial charge in [0.05, 0.1) is 25.7 Å². The first-order valence-corrected chi connectivity index (χ1v) is 12.7. The Labute approximate surface area is 225 Å². The molecule has 0 amide bonds. The smallest absolute Gasteiger partial charge is 0.312 e. The lowest BCUT2D eigenvalue weighted by molar-refractivity contribution is -0.135. The second kappa shape index (κ2) is 10.5. The van der Waals surface area contributed by atoms with Gasteiger partial charge in [0.2, 0.25) is 5.78 Å². The van der Waals surface area contributed by atoms with Crippen molar-refractivity contribution < 1.29 is 28.5 Å². The Bertz CT molecular complexity index is 1580. The summed E-state index contributed by atoms with van der Waals surface area (Å²) < 4.78 is 23.7. The number of hydrogen-bond donors (Lipinski definition) is 0. The summed E-state index contributed by atoms with van der Waals surface area (Å²) in [5.41, 5.74) is 3.71. The minimum atomic E-state index is -0.469. The van der Waals surface area contributed by atoms with Gasteiger partial charge < -0.3 is 18.9 Å². The maximum absolute atomic E-state index is 13.3. The molecule has 0 bridgehead atoms. The molecular formula is C32H25NO6. The highest BCUT2D eigenvalue weighted by Gasteiger charge is 2.39. The van der Waals surface area contributed by atoms with E-state index in [9.17, 15) is 9.59 Å². The summed E-state index contributed by atoms with van der Waals surface area (Å²) in [4.78, 5) is 30.1. The predicted octanol–water partition coefficient (Wildman–Crippen LogP) is 5.77. The molecule has 0 fully saturated rings. The summed E-state index contributed by atoms with van der Waals surface area (Å²) in [5.74, 6) is 0.970. The number of rotatable bonds is 7. The van der Waals surface area contributed by atoms with Crippen molar-refractivity contribution in [3.05, 3.63) is 119 Å². The summed E-state index contributed by atoms with van der Waals surface area (Å²) in [7, 11) is 1.58. The van der Waals surface area contributed by atoms with Gasteiger partial charge >= 0.3 is 5.97 Å². The van der Waals surface area contributed by atoms with Crippen molar-refractivity contribution in [2.75, 3.05) is 13.7 Å². The molecule has 3 heterocycles. The molecule has 7 heteroatoms. The lowest BCUT2D eigenvalue weighted by atomic mass is 9.84. The number of fused-ring (bicyclic) bond motifs is 3. The van der Waals surface area contributed by atoms with Crippen molar-refractivity contribution in [1.82, 2.24) is 4.98 Å². The highest BCUT2D eigenvalue weighted by Crippen LogP contribution is 2.51. The third kappa shape index (κ3) is 4.75. The van der Waals surface area contributed by atoms with Gasteiger partial charge in [-0.3, -0.25) is 14.6 Å². The zero-order chi connectivity index (χ0) is 26.8. The average Bonchev–Trinajstić information content (AvgIpc) is 3.28. The second-order valence-electron chi connectivity index (χ2n) is 9.27. The molecule has 6 rings (SSSR count). The number of Topliss-reactive ketones (excluding diaryl/α,β-unsaturated/α-hetero) is 1. The van der Waals surface area contributed by atoms with Gasteiger partial charge in [-0.1, -0.05) is 48.5 Å². The zero-order valence-corrected chi connectivity index (χ0v) is 21.3. The Hall–Kier alpha value is -4.91. The summed E-state index contributed by atoms with van der Waals surface area (Å²) in [5, 5.41) is 0. The lowest BCUT2D eigenvalue weighted by Gasteiger charge is -2.28. The molecule has 0 unspecified atom stereocenters. The molecule has 4 aromatic rings. The normalized spacial score (nSPS) is 16.7. The highest BCUT2D eigenvalue weighted by molar-refractivity contribution is 6.15. The van der Waals surface area contributed by atoms with E-state index in [1.807, 2.05) is 54.6 Å². The van der Waals surface area contributed by atoms with Crippen molar-refractivity contribution >= 4 is 17.8 Å². The third-order valence-corrected chi connectivity index (χ3v) is 6.85. The van der Waals surface area contributed by atoms with Crippen LogP contribution in [0.3, 0.4) is 0 Å². The minimum Gasteiger partial charge on any atom is -0.493 e. The molecule has 0 saturated carbocycles. The van der Waals surface area contributed by atoms with E-state index < -0.39 is 5.92 Å². The molecule has 1 aromatic heterocycles. The minimum absolute atomic E-state index is 0.0604. The number of benzene rings is 3. The van der Waals surface area contributed by atoms with Gasteiger partial charge in [0.25, 0.3) is 0 Å². The number of aromatic nitrogens is 1. The third-order valence-electron chi connectivity index (χ3n) is 6.85. The number of esters is 1. The number of nitrogens with zero attached hydrogens (tertiary/aromatic N) is 1. The summed E-state index contributed by atoms with van der Waals surface area (Å²) in [6, 6.07) is 22.6. The molecule has 7 nitrogen and oxygen atoms in total. The molecule has 2 aliphatic rings. The van der Waals surface area contributed by atoms with Crippen LogP contribution in [-0.4, -0.2) is 30.5 Å². The number of carbonyl (C=O) groups is 2. The van der Waals surface area contributed by atoms with Crippen LogP contribution in [0.5, 0.6) is 23.0 Å². The van der Waals surface area contributed by atoms with E-state index >= 15 is 0 Å². The fraction of sp³-hybridized carbons (Fsp3) is 0.156. The topological polar surface area (TPSA) is 84.0 Å². The van der Waals surface area contributed by atoms with Crippen LogP contribution in [0.15, 0.2) is 90.9 Å². The Balaban J connectivity index is 1.39. The number of ether oxygens (including phenoxy) is 4.